The molecule has 2 heterocycles. The van der Waals surface area contributed by atoms with Gasteiger partial charge in [0.05, 0.1) is 31.0 Å². The van der Waals surface area contributed by atoms with Crippen LogP contribution in [0.2, 0.25) is 5.04 Å². The summed E-state index contributed by atoms with van der Waals surface area (Å²) in [6.07, 6.45) is -0.633. The van der Waals surface area contributed by atoms with Crippen LogP contribution in [0.5, 0.6) is 0 Å². The lowest BCUT2D eigenvalue weighted by molar-refractivity contribution is -0.184. The van der Waals surface area contributed by atoms with Gasteiger partial charge in [0.2, 0.25) is 0 Å². The molecule has 0 unspecified atom stereocenters. The largest absolute Gasteiger partial charge is 0.405 e. The van der Waals surface area contributed by atoms with Crippen LogP contribution >= 0.6 is 0 Å². The number of ether oxygens (including phenoxy) is 1. The second-order valence-electron chi connectivity index (χ2n) is 12.1. The average Bonchev–Trinajstić information content (AvgIpc) is 3.38. The minimum Gasteiger partial charge on any atom is -0.405 e. The first-order valence-corrected chi connectivity index (χ1v) is 15.0. The van der Waals surface area contributed by atoms with E-state index in [1.54, 1.807) is 0 Å². The van der Waals surface area contributed by atoms with Gasteiger partial charge in [0, 0.05) is 12.5 Å². The zero-order valence-corrected chi connectivity index (χ0v) is 23.6. The maximum absolute atomic E-state index is 11.4. The summed E-state index contributed by atoms with van der Waals surface area (Å²) in [5, 5.41) is 25.9. The van der Waals surface area contributed by atoms with Crippen molar-refractivity contribution < 1.29 is 24.2 Å². The molecule has 0 aromatic heterocycles. The lowest BCUT2D eigenvalue weighted by atomic mass is 9.89. The predicted molar refractivity (Wildman–Crippen MR) is 145 cm³/mol. The summed E-state index contributed by atoms with van der Waals surface area (Å²) < 4.78 is 13.2. The van der Waals surface area contributed by atoms with Crippen LogP contribution in [-0.4, -0.2) is 73.3 Å². The van der Waals surface area contributed by atoms with Gasteiger partial charge in [-0.2, -0.15) is 5.06 Å². The van der Waals surface area contributed by atoms with E-state index in [1.807, 2.05) is 38.0 Å². The van der Waals surface area contributed by atoms with Gasteiger partial charge in [-0.1, -0.05) is 81.4 Å². The van der Waals surface area contributed by atoms with Crippen LogP contribution in [0.25, 0.3) is 0 Å². The predicted octanol–water partition coefficient (Wildman–Crippen LogP) is 3.10. The first kappa shape index (κ1) is 27.5. The summed E-state index contributed by atoms with van der Waals surface area (Å²) in [5.41, 5.74) is -0.288. The highest BCUT2D eigenvalue weighted by Gasteiger charge is 2.55. The summed E-state index contributed by atoms with van der Waals surface area (Å²) in [6.45, 7) is 13.6. The number of hydrogen-bond acceptors (Lipinski definition) is 6. The second-order valence-corrected chi connectivity index (χ2v) is 16.5. The number of fused-ring (bicyclic) bond motifs is 1. The molecule has 2 fully saturated rings. The molecule has 0 saturated carbocycles. The molecule has 0 aliphatic carbocycles. The van der Waals surface area contributed by atoms with Crippen molar-refractivity contribution in [3.63, 3.8) is 0 Å². The molecule has 0 radical (unpaired) electrons. The topological polar surface area (TPSA) is 71.4 Å². The van der Waals surface area contributed by atoms with Gasteiger partial charge in [-0.05, 0) is 42.6 Å². The first-order chi connectivity index (χ1) is 17.0. The van der Waals surface area contributed by atoms with Crippen molar-refractivity contribution in [2.45, 2.75) is 83.0 Å². The Kier molecular flexibility index (Phi) is 8.12. The van der Waals surface area contributed by atoms with Crippen molar-refractivity contribution in [1.82, 2.24) is 5.06 Å². The lowest BCUT2D eigenvalue weighted by Crippen LogP contribution is -2.67. The van der Waals surface area contributed by atoms with E-state index in [0.717, 1.165) is 13.0 Å². The van der Waals surface area contributed by atoms with Gasteiger partial charge in [0.15, 0.2) is 0 Å². The standard InChI is InChI=1S/C29H43NO5Si/c1-28(2,3)34-25-17-18-30-26(25)23(19-31)27(35-30)24(32)20-33-36(29(4,5)6,21-13-9-7-10-14-21)22-15-11-8-12-16-22/h7-16,23-27,31-32H,17-20H2,1-6H3/t23-,24+,25+,26+,27+/m1/s1. The maximum atomic E-state index is 11.4. The van der Waals surface area contributed by atoms with E-state index in [1.165, 1.54) is 10.4 Å². The lowest BCUT2D eigenvalue weighted by Gasteiger charge is -2.43. The van der Waals surface area contributed by atoms with Gasteiger partial charge in [-0.3, -0.25) is 4.84 Å². The SMILES string of the molecule is CC(C)(C)O[C@H]1CCN2O[C@H]([C@@H](O)CO[Si](c3ccccc3)(c3ccccc3)C(C)(C)C)[C@H](CO)[C@@H]12. The number of benzene rings is 2. The molecule has 2 aliphatic rings. The van der Waals surface area contributed by atoms with Crippen molar-refractivity contribution in [1.29, 1.82) is 0 Å². The van der Waals surface area contributed by atoms with Crippen LogP contribution in [0.3, 0.4) is 0 Å². The third-order valence-corrected chi connectivity index (χ3v) is 12.5. The van der Waals surface area contributed by atoms with Crippen molar-refractivity contribution >= 4 is 18.7 Å². The molecular formula is C29H43NO5Si. The number of aliphatic hydroxyl groups excluding tert-OH is 2. The van der Waals surface area contributed by atoms with Gasteiger partial charge in [-0.15, -0.1) is 0 Å². The molecule has 198 valence electrons. The monoisotopic (exact) mass is 513 g/mol. The fourth-order valence-corrected chi connectivity index (χ4v) is 10.6. The maximum Gasteiger partial charge on any atom is 0.261 e. The zero-order chi connectivity index (χ0) is 26.1. The fraction of sp³-hybridized carbons (Fsp3) is 0.586. The normalized spacial score (nSPS) is 26.2. The van der Waals surface area contributed by atoms with Crippen molar-refractivity contribution in [2.75, 3.05) is 19.8 Å². The van der Waals surface area contributed by atoms with E-state index < -0.39 is 20.5 Å². The Morgan fingerprint density at radius 3 is 2.00 bits per heavy atom. The highest BCUT2D eigenvalue weighted by atomic mass is 28.4. The minimum absolute atomic E-state index is 0.0445. The van der Waals surface area contributed by atoms with Crippen molar-refractivity contribution in [2.24, 2.45) is 5.92 Å². The molecule has 2 saturated heterocycles. The molecule has 4 rings (SSSR count). The number of hydroxylamine groups is 2. The minimum atomic E-state index is -2.79. The van der Waals surface area contributed by atoms with Gasteiger partial charge in [-0.25, -0.2) is 0 Å². The molecule has 0 bridgehead atoms. The van der Waals surface area contributed by atoms with Crippen LogP contribution in [-0.2, 0) is 14.0 Å². The molecule has 0 amide bonds. The van der Waals surface area contributed by atoms with E-state index >= 15 is 0 Å². The van der Waals surface area contributed by atoms with Gasteiger partial charge in [0.1, 0.15) is 12.2 Å². The molecule has 0 spiro atoms. The molecule has 2 aromatic rings. The van der Waals surface area contributed by atoms with Crippen LogP contribution < -0.4 is 10.4 Å². The van der Waals surface area contributed by atoms with Crippen LogP contribution in [0, 0.1) is 5.92 Å². The van der Waals surface area contributed by atoms with Crippen molar-refractivity contribution in [3.8, 4) is 0 Å². The summed E-state index contributed by atoms with van der Waals surface area (Å²) in [5.74, 6) is -0.252. The third-order valence-electron chi connectivity index (χ3n) is 7.45. The Balaban J connectivity index is 1.60. The second kappa shape index (κ2) is 10.7. The smallest absolute Gasteiger partial charge is 0.261 e. The number of aliphatic hydroxyl groups is 2. The number of hydrogen-bond donors (Lipinski definition) is 2. The highest BCUT2D eigenvalue weighted by molar-refractivity contribution is 6.99. The van der Waals surface area contributed by atoms with Gasteiger partial charge >= 0.3 is 0 Å². The van der Waals surface area contributed by atoms with E-state index in [4.69, 9.17) is 14.0 Å². The molecule has 6 nitrogen and oxygen atoms in total. The summed E-state index contributed by atoms with van der Waals surface area (Å²) in [4.78, 5) is 6.24. The Labute approximate surface area is 217 Å². The van der Waals surface area contributed by atoms with E-state index in [9.17, 15) is 10.2 Å². The fourth-order valence-electron chi connectivity index (χ4n) is 6.02. The average molecular weight is 514 g/mol. The molecule has 36 heavy (non-hydrogen) atoms. The Bertz CT molecular complexity index is 935. The van der Waals surface area contributed by atoms with E-state index in [-0.39, 0.29) is 41.9 Å². The van der Waals surface area contributed by atoms with E-state index in [0.29, 0.717) is 0 Å². The van der Waals surface area contributed by atoms with Gasteiger partial charge < -0.3 is 19.4 Å². The number of rotatable bonds is 8. The van der Waals surface area contributed by atoms with Gasteiger partial charge in [0.25, 0.3) is 8.32 Å². The summed E-state index contributed by atoms with van der Waals surface area (Å²) in [7, 11) is -2.79. The first-order valence-electron chi connectivity index (χ1n) is 13.1. The summed E-state index contributed by atoms with van der Waals surface area (Å²) >= 11 is 0. The third kappa shape index (κ3) is 5.34. The summed E-state index contributed by atoms with van der Waals surface area (Å²) in [6, 6.07) is 20.7. The van der Waals surface area contributed by atoms with Crippen LogP contribution in [0.4, 0.5) is 0 Å². The Hall–Kier alpha value is -1.58. The van der Waals surface area contributed by atoms with Crippen molar-refractivity contribution in [3.05, 3.63) is 60.7 Å². The zero-order valence-electron chi connectivity index (χ0n) is 22.6. The molecule has 2 aliphatic heterocycles. The highest BCUT2D eigenvalue weighted by Crippen LogP contribution is 2.40. The number of nitrogens with zero attached hydrogens (tertiary/aromatic N) is 1. The molecular weight excluding hydrogens is 470 g/mol. The Morgan fingerprint density at radius 1 is 0.972 bits per heavy atom. The van der Waals surface area contributed by atoms with E-state index in [2.05, 4.69) is 69.3 Å². The molecule has 7 heteroatoms. The molecule has 2 N–H and O–H groups in total. The Morgan fingerprint density at radius 2 is 1.53 bits per heavy atom. The molecule has 2 aromatic carbocycles. The molecule has 5 atom stereocenters. The quantitative estimate of drug-likeness (QED) is 0.529. The van der Waals surface area contributed by atoms with Crippen LogP contribution in [0.1, 0.15) is 48.0 Å². The van der Waals surface area contributed by atoms with Crippen LogP contribution in [0.15, 0.2) is 60.7 Å².